The van der Waals surface area contributed by atoms with Gasteiger partial charge in [0.2, 0.25) is 0 Å². The van der Waals surface area contributed by atoms with Gasteiger partial charge in [-0.2, -0.15) is 0 Å². The molecule has 2 heterocycles. The number of aryl methyl sites for hydroxylation is 2. The summed E-state index contributed by atoms with van der Waals surface area (Å²) >= 11 is 0. The first-order chi connectivity index (χ1) is 16.6. The van der Waals surface area contributed by atoms with Gasteiger partial charge in [-0.3, -0.25) is 10.9 Å². The number of benzene rings is 4. The van der Waals surface area contributed by atoms with Gasteiger partial charge >= 0.3 is 0 Å². The van der Waals surface area contributed by atoms with Crippen molar-refractivity contribution in [3.05, 3.63) is 107 Å². The molecule has 2 aliphatic heterocycles. The average molecular weight is 449 g/mol. The Morgan fingerprint density at radius 1 is 0.559 bits per heavy atom. The molecule has 2 N–H and O–H groups in total. The molecular weight excluding hydrogens is 424 g/mol. The molecule has 0 atom stereocenters. The number of hydrogen-bond donors (Lipinski definition) is 2. The van der Waals surface area contributed by atoms with Crippen molar-refractivity contribution in [3.63, 3.8) is 0 Å². The Kier molecular flexibility index (Phi) is 4.77. The quantitative estimate of drug-likeness (QED) is 0.337. The molecule has 0 spiro atoms. The molecule has 4 aromatic carbocycles. The van der Waals surface area contributed by atoms with Crippen LogP contribution in [0, 0.1) is 13.8 Å². The summed E-state index contributed by atoms with van der Waals surface area (Å²) in [5.41, 5.74) is 15.0. The number of fused-ring (bicyclic) bond motifs is 2. The molecule has 0 saturated carbocycles. The fourth-order valence-electron chi connectivity index (χ4n) is 3.95. The maximum absolute atomic E-state index is 5.88. The number of rotatable bonds is 4. The van der Waals surface area contributed by atoms with Gasteiger partial charge in [0, 0.05) is 0 Å². The average Bonchev–Trinajstić information content (AvgIpc) is 3.47. The van der Waals surface area contributed by atoms with E-state index in [0.717, 1.165) is 45.4 Å². The summed E-state index contributed by atoms with van der Waals surface area (Å²) < 4.78 is 0. The van der Waals surface area contributed by atoms with Gasteiger partial charge < -0.3 is 9.68 Å². The topological polar surface area (TPSA) is 49.0 Å². The molecule has 34 heavy (non-hydrogen) atoms. The van der Waals surface area contributed by atoms with Crippen molar-refractivity contribution in [3.8, 4) is 11.5 Å². The van der Waals surface area contributed by atoms with Gasteiger partial charge in [0.25, 0.3) is 0 Å². The highest BCUT2D eigenvalue weighted by atomic mass is 16.7. The second-order valence-electron chi connectivity index (χ2n) is 8.51. The molecule has 168 valence electrons. The lowest BCUT2D eigenvalue weighted by atomic mass is 10.1. The zero-order valence-corrected chi connectivity index (χ0v) is 18.9. The van der Waals surface area contributed by atoms with Gasteiger partial charge in [-0.25, -0.2) is 0 Å². The largest absolute Gasteiger partial charge is 0.357 e. The summed E-state index contributed by atoms with van der Waals surface area (Å²) in [6.07, 6.45) is 4.19. The fourth-order valence-corrected chi connectivity index (χ4v) is 3.95. The van der Waals surface area contributed by atoms with Crippen molar-refractivity contribution in [2.45, 2.75) is 13.8 Å². The third-order valence-corrected chi connectivity index (χ3v) is 5.82. The predicted octanol–water partition coefficient (Wildman–Crippen LogP) is 6.76. The van der Waals surface area contributed by atoms with Crippen LogP contribution in [0.5, 0.6) is 11.5 Å². The van der Waals surface area contributed by atoms with Crippen LogP contribution in [0.4, 0.5) is 22.7 Å². The van der Waals surface area contributed by atoms with Gasteiger partial charge in [-0.15, -0.1) is 10.3 Å². The van der Waals surface area contributed by atoms with E-state index in [9.17, 15) is 0 Å². The Morgan fingerprint density at radius 2 is 0.971 bits per heavy atom. The van der Waals surface area contributed by atoms with Gasteiger partial charge in [-0.05, 0) is 84.6 Å². The number of nitrogens with one attached hydrogen (secondary N) is 2. The predicted molar refractivity (Wildman–Crippen MR) is 138 cm³/mol. The first-order valence-electron chi connectivity index (χ1n) is 11.2. The SMILES string of the molecule is Cc1ccc2c(c1)NN(c1ccc(C=Cc3ccc(N4Nc5cc(C)ccc5O4)cc3)cc1)O2. The molecular formula is C28H24N4O2. The molecule has 6 heteroatoms. The minimum atomic E-state index is 0.826. The van der Waals surface area contributed by atoms with E-state index in [1.807, 2.05) is 48.5 Å². The third kappa shape index (κ3) is 3.86. The van der Waals surface area contributed by atoms with Crippen LogP contribution in [-0.4, -0.2) is 0 Å². The van der Waals surface area contributed by atoms with E-state index in [-0.39, 0.29) is 0 Å². The molecule has 2 aliphatic rings. The Labute approximate surface area is 198 Å². The normalized spacial score (nSPS) is 13.7. The lowest BCUT2D eigenvalue weighted by Gasteiger charge is -2.16. The van der Waals surface area contributed by atoms with Crippen LogP contribution in [-0.2, 0) is 0 Å². The van der Waals surface area contributed by atoms with Crippen LogP contribution in [0.2, 0.25) is 0 Å². The smallest absolute Gasteiger partial charge is 0.182 e. The van der Waals surface area contributed by atoms with Gasteiger partial charge in [-0.1, -0.05) is 48.6 Å². The molecule has 0 unspecified atom stereocenters. The molecule has 0 amide bonds. The molecule has 6 nitrogen and oxygen atoms in total. The maximum atomic E-state index is 5.88. The van der Waals surface area contributed by atoms with Gasteiger partial charge in [0.15, 0.2) is 11.5 Å². The van der Waals surface area contributed by atoms with E-state index in [4.69, 9.17) is 9.68 Å². The number of anilines is 4. The Balaban J connectivity index is 1.09. The molecule has 6 rings (SSSR count). The lowest BCUT2D eigenvalue weighted by Crippen LogP contribution is -2.27. The Hall–Kier alpha value is -4.58. The summed E-state index contributed by atoms with van der Waals surface area (Å²) in [6, 6.07) is 28.6. The molecule has 0 aliphatic carbocycles. The van der Waals surface area contributed by atoms with Crippen LogP contribution in [0.1, 0.15) is 22.3 Å². The molecule has 4 aromatic rings. The van der Waals surface area contributed by atoms with Crippen LogP contribution >= 0.6 is 0 Å². The summed E-state index contributed by atoms with van der Waals surface area (Å²) in [6.45, 7) is 4.13. The number of hydrazine groups is 2. The lowest BCUT2D eigenvalue weighted by molar-refractivity contribution is 0.326. The van der Waals surface area contributed by atoms with E-state index in [1.165, 1.54) is 11.1 Å². The monoisotopic (exact) mass is 448 g/mol. The van der Waals surface area contributed by atoms with Crippen molar-refractivity contribution >= 4 is 34.9 Å². The zero-order valence-electron chi connectivity index (χ0n) is 18.9. The maximum Gasteiger partial charge on any atom is 0.182 e. The van der Waals surface area contributed by atoms with E-state index in [2.05, 4.69) is 73.2 Å². The minimum absolute atomic E-state index is 0.826. The highest BCUT2D eigenvalue weighted by molar-refractivity contribution is 5.73. The van der Waals surface area contributed by atoms with E-state index >= 15 is 0 Å². The molecule has 0 aromatic heterocycles. The highest BCUT2D eigenvalue weighted by Crippen LogP contribution is 2.35. The Bertz CT molecular complexity index is 1270. The second kappa shape index (κ2) is 8.08. The molecule has 0 radical (unpaired) electrons. The zero-order chi connectivity index (χ0) is 23.1. The van der Waals surface area contributed by atoms with Crippen LogP contribution in [0.25, 0.3) is 12.2 Å². The van der Waals surface area contributed by atoms with E-state index in [0.29, 0.717) is 0 Å². The number of hydrogen-bond acceptors (Lipinski definition) is 6. The van der Waals surface area contributed by atoms with Crippen molar-refractivity contribution in [2.24, 2.45) is 0 Å². The van der Waals surface area contributed by atoms with Crippen molar-refractivity contribution in [1.82, 2.24) is 0 Å². The van der Waals surface area contributed by atoms with Gasteiger partial charge in [0.1, 0.15) is 11.4 Å². The molecule has 0 fully saturated rings. The fraction of sp³-hybridized carbons (Fsp3) is 0.0714. The van der Waals surface area contributed by atoms with E-state index < -0.39 is 0 Å². The molecule has 0 saturated heterocycles. The van der Waals surface area contributed by atoms with Gasteiger partial charge in [0.05, 0.1) is 11.4 Å². The summed E-state index contributed by atoms with van der Waals surface area (Å²) in [4.78, 5) is 11.8. The van der Waals surface area contributed by atoms with Crippen LogP contribution in [0.3, 0.4) is 0 Å². The standard InChI is InChI=1S/C28H24N4O2/c1-19-3-15-27-25(17-19)29-31(33-27)23-11-7-21(8-12-23)5-6-22-9-13-24(14-10-22)32-30-26-18-20(2)4-16-28(26)34-32/h3-18,29-30H,1-2H3. The minimum Gasteiger partial charge on any atom is -0.357 e. The summed E-state index contributed by atoms with van der Waals surface area (Å²) in [5.74, 6) is 1.65. The van der Waals surface area contributed by atoms with Crippen molar-refractivity contribution < 1.29 is 9.68 Å². The first kappa shape index (κ1) is 20.1. The highest BCUT2D eigenvalue weighted by Gasteiger charge is 2.21. The number of nitrogens with zero attached hydrogens (tertiary/aromatic N) is 2. The van der Waals surface area contributed by atoms with Crippen molar-refractivity contribution in [2.75, 3.05) is 21.2 Å². The molecule has 0 bridgehead atoms. The Morgan fingerprint density at radius 3 is 1.38 bits per heavy atom. The van der Waals surface area contributed by atoms with Crippen LogP contribution < -0.4 is 30.9 Å². The summed E-state index contributed by atoms with van der Waals surface area (Å²) in [5, 5.41) is 3.37. The summed E-state index contributed by atoms with van der Waals surface area (Å²) in [7, 11) is 0. The van der Waals surface area contributed by atoms with E-state index in [1.54, 1.807) is 10.3 Å². The van der Waals surface area contributed by atoms with Crippen LogP contribution in [0.15, 0.2) is 84.9 Å². The first-order valence-corrected chi connectivity index (χ1v) is 11.2. The second-order valence-corrected chi connectivity index (χ2v) is 8.51. The van der Waals surface area contributed by atoms with Crippen molar-refractivity contribution in [1.29, 1.82) is 0 Å². The third-order valence-electron chi connectivity index (χ3n) is 5.82.